The van der Waals surface area contributed by atoms with Gasteiger partial charge in [0.2, 0.25) is 0 Å². The van der Waals surface area contributed by atoms with E-state index in [1.807, 2.05) is 0 Å². The van der Waals surface area contributed by atoms with Gasteiger partial charge in [0.15, 0.2) is 7.28 Å². The molecular weight excluding hydrogens is 571 g/mol. The zero-order valence-electron chi connectivity index (χ0n) is 26.2. The van der Waals surface area contributed by atoms with Crippen LogP contribution in [-0.2, 0) is 5.41 Å². The number of aromatic nitrogens is 1. The van der Waals surface area contributed by atoms with Crippen molar-refractivity contribution in [2.24, 2.45) is 0 Å². The summed E-state index contributed by atoms with van der Waals surface area (Å²) in [6, 6.07) is 46.6. The average Bonchev–Trinajstić information content (AvgIpc) is 3.65. The Bertz CT molecular complexity index is 2840. The molecule has 2 aliphatic rings. The third-order valence-corrected chi connectivity index (χ3v) is 11.0. The van der Waals surface area contributed by atoms with Crippen LogP contribution in [0.15, 0.2) is 132 Å². The van der Waals surface area contributed by atoms with Gasteiger partial charge in [0.25, 0.3) is 0 Å². The zero-order chi connectivity index (χ0) is 31.0. The van der Waals surface area contributed by atoms with Crippen LogP contribution >= 0.6 is 0 Å². The Morgan fingerprint density at radius 1 is 0.638 bits per heavy atom. The van der Waals surface area contributed by atoms with Gasteiger partial charge in [-0.25, -0.2) is 0 Å². The van der Waals surface area contributed by atoms with Crippen molar-refractivity contribution in [3.63, 3.8) is 0 Å². The number of hydrogen-bond donors (Lipinski definition) is 1. The molecule has 0 fully saturated rings. The van der Waals surface area contributed by atoms with Crippen LogP contribution in [0, 0.1) is 0 Å². The van der Waals surface area contributed by atoms with Crippen LogP contribution in [0.5, 0.6) is 0 Å². The first-order chi connectivity index (χ1) is 23.1. The molecule has 2 aromatic heterocycles. The molecule has 11 rings (SSSR count). The van der Waals surface area contributed by atoms with Crippen LogP contribution in [0.4, 0.5) is 11.4 Å². The van der Waals surface area contributed by atoms with E-state index in [2.05, 4.69) is 151 Å². The molecule has 0 unspecified atom stereocenters. The third-order valence-electron chi connectivity index (χ3n) is 11.0. The summed E-state index contributed by atoms with van der Waals surface area (Å²) in [6.07, 6.45) is 0. The molecule has 1 N–H and O–H groups in total. The number of hydrogen-bond acceptors (Lipinski definition) is 2. The fourth-order valence-corrected chi connectivity index (χ4v) is 8.89. The minimum Gasteiger partial charge on any atom is -0.456 e. The Morgan fingerprint density at radius 2 is 1.38 bits per heavy atom. The molecule has 4 heterocycles. The van der Waals surface area contributed by atoms with Crippen molar-refractivity contribution >= 4 is 84.1 Å². The largest absolute Gasteiger partial charge is 0.456 e. The van der Waals surface area contributed by atoms with E-state index in [1.54, 1.807) is 0 Å². The first kappa shape index (κ1) is 25.5. The highest BCUT2D eigenvalue weighted by atomic mass is 16.3. The summed E-state index contributed by atoms with van der Waals surface area (Å²) in [5.41, 5.74) is 15.6. The SMILES string of the molecule is CC1(C)c2ccccc2Nc2c(-c3c4c(cc5oc6ccccc6c35)-n3c5c(cccc5c5ccc6ccccc6c53)B4)cccc21. The number of rotatable bonds is 1. The maximum absolute atomic E-state index is 6.75. The summed E-state index contributed by atoms with van der Waals surface area (Å²) >= 11 is 0. The molecule has 3 nitrogen and oxygen atoms in total. The molecule has 0 radical (unpaired) electrons. The van der Waals surface area contributed by atoms with E-state index in [4.69, 9.17) is 4.42 Å². The van der Waals surface area contributed by atoms with Crippen LogP contribution in [0.3, 0.4) is 0 Å². The molecule has 0 saturated heterocycles. The summed E-state index contributed by atoms with van der Waals surface area (Å²) in [5.74, 6) is 0. The van der Waals surface area contributed by atoms with E-state index < -0.39 is 0 Å². The van der Waals surface area contributed by atoms with Gasteiger partial charge in [0.1, 0.15) is 11.2 Å². The number of nitrogens with zero attached hydrogens (tertiary/aromatic N) is 1. The maximum atomic E-state index is 6.75. The Morgan fingerprint density at radius 3 is 2.32 bits per heavy atom. The van der Waals surface area contributed by atoms with Gasteiger partial charge >= 0.3 is 0 Å². The van der Waals surface area contributed by atoms with Crippen molar-refractivity contribution in [2.75, 3.05) is 5.32 Å². The van der Waals surface area contributed by atoms with Gasteiger partial charge in [0.05, 0.1) is 11.2 Å². The van der Waals surface area contributed by atoms with E-state index >= 15 is 0 Å². The molecule has 4 heteroatoms. The highest BCUT2D eigenvalue weighted by Gasteiger charge is 2.36. The van der Waals surface area contributed by atoms with Gasteiger partial charge in [-0.3, -0.25) is 0 Å². The lowest BCUT2D eigenvalue weighted by Gasteiger charge is -2.37. The molecule has 2 aliphatic heterocycles. The van der Waals surface area contributed by atoms with Crippen LogP contribution in [0.25, 0.3) is 71.3 Å². The Labute approximate surface area is 272 Å². The lowest BCUT2D eigenvalue weighted by Crippen LogP contribution is -2.37. The van der Waals surface area contributed by atoms with E-state index in [-0.39, 0.29) is 5.41 Å². The molecule has 0 amide bonds. The van der Waals surface area contributed by atoms with E-state index in [0.717, 1.165) is 23.8 Å². The third kappa shape index (κ3) is 3.18. The minimum absolute atomic E-state index is 0.159. The van der Waals surface area contributed by atoms with Gasteiger partial charge in [-0.2, -0.15) is 0 Å². The van der Waals surface area contributed by atoms with Crippen LogP contribution in [0.1, 0.15) is 25.0 Å². The van der Waals surface area contributed by atoms with Crippen LogP contribution in [-0.4, -0.2) is 11.8 Å². The van der Waals surface area contributed by atoms with Crippen LogP contribution < -0.4 is 16.2 Å². The lowest BCUT2D eigenvalue weighted by atomic mass is 9.58. The van der Waals surface area contributed by atoms with E-state index in [0.29, 0.717) is 0 Å². The Balaban J connectivity index is 1.33. The van der Waals surface area contributed by atoms with Crippen molar-refractivity contribution in [1.29, 1.82) is 0 Å². The quantitative estimate of drug-likeness (QED) is 0.190. The van der Waals surface area contributed by atoms with Gasteiger partial charge in [-0.05, 0) is 39.7 Å². The molecule has 47 heavy (non-hydrogen) atoms. The van der Waals surface area contributed by atoms with Gasteiger partial charge in [0, 0.05) is 60.9 Å². The molecule has 220 valence electrons. The van der Waals surface area contributed by atoms with Gasteiger partial charge < -0.3 is 14.3 Å². The second-order valence-corrected chi connectivity index (χ2v) is 13.8. The van der Waals surface area contributed by atoms with Crippen molar-refractivity contribution in [2.45, 2.75) is 19.3 Å². The minimum atomic E-state index is -0.159. The topological polar surface area (TPSA) is 30.1 Å². The summed E-state index contributed by atoms with van der Waals surface area (Å²) < 4.78 is 9.29. The predicted octanol–water partition coefficient (Wildman–Crippen LogP) is 9.59. The van der Waals surface area contributed by atoms with Crippen LogP contribution in [0.2, 0.25) is 0 Å². The lowest BCUT2D eigenvalue weighted by molar-refractivity contribution is 0.638. The summed E-state index contributed by atoms with van der Waals surface area (Å²) in [6.45, 7) is 4.70. The molecule has 7 aromatic carbocycles. The molecular formula is C43H29BN2O. The van der Waals surface area contributed by atoms with E-state index in [9.17, 15) is 0 Å². The van der Waals surface area contributed by atoms with Gasteiger partial charge in [-0.15, -0.1) is 0 Å². The summed E-state index contributed by atoms with van der Waals surface area (Å²) in [4.78, 5) is 0. The smallest absolute Gasteiger partial charge is 0.198 e. The maximum Gasteiger partial charge on any atom is 0.198 e. The molecule has 0 spiro atoms. The van der Waals surface area contributed by atoms with E-state index in [1.165, 1.54) is 88.2 Å². The highest BCUT2D eigenvalue weighted by molar-refractivity contribution is 6.74. The molecule has 0 saturated carbocycles. The Kier molecular flexibility index (Phi) is 4.74. The highest BCUT2D eigenvalue weighted by Crippen LogP contribution is 2.50. The first-order valence-corrected chi connectivity index (χ1v) is 16.5. The first-order valence-electron chi connectivity index (χ1n) is 16.5. The zero-order valence-corrected chi connectivity index (χ0v) is 26.2. The average molecular weight is 601 g/mol. The van der Waals surface area contributed by atoms with Crippen molar-refractivity contribution < 1.29 is 4.42 Å². The number of nitrogens with one attached hydrogen (secondary N) is 1. The Hall–Kier alpha value is -5.74. The molecule has 0 aliphatic carbocycles. The summed E-state index contributed by atoms with van der Waals surface area (Å²) in [5, 5.41) is 11.4. The number of para-hydroxylation sites is 4. The standard InChI is InChI=1S/C43H29BN2O/c1-43(2)30-16-6-7-19-33(30)45-40-29(15-9-17-31(40)43)38-37-28-13-5-8-20-35(28)47-36(37)23-34-39(38)44-32-18-10-14-26-27-22-21-24-11-3-4-12-25(24)41(27)46(34)42(26)32/h3-23,44-45H,1-2H3. The number of benzene rings is 7. The normalized spacial score (nSPS) is 14.3. The monoisotopic (exact) mass is 600 g/mol. The van der Waals surface area contributed by atoms with Crippen molar-refractivity contribution in [1.82, 2.24) is 4.57 Å². The predicted molar refractivity (Wildman–Crippen MR) is 199 cm³/mol. The van der Waals surface area contributed by atoms with Crippen molar-refractivity contribution in [3.05, 3.63) is 139 Å². The molecule has 0 atom stereocenters. The van der Waals surface area contributed by atoms with Crippen molar-refractivity contribution in [3.8, 4) is 16.8 Å². The van der Waals surface area contributed by atoms with Gasteiger partial charge in [-0.1, -0.05) is 129 Å². The number of fused-ring (bicyclic) bond motifs is 12. The second kappa shape index (κ2) is 8.74. The fraction of sp³-hybridized carbons (Fsp3) is 0.0698. The number of anilines is 2. The number of furan rings is 1. The molecule has 0 bridgehead atoms. The molecule has 9 aromatic rings. The second-order valence-electron chi connectivity index (χ2n) is 13.8. The summed E-state index contributed by atoms with van der Waals surface area (Å²) in [7, 11) is 0.843. The fourth-order valence-electron chi connectivity index (χ4n) is 8.89.